The number of halogens is 1. The van der Waals surface area contributed by atoms with Crippen LogP contribution in [0, 0.1) is 0 Å². The lowest BCUT2D eigenvalue weighted by Gasteiger charge is -2.37. The Bertz CT molecular complexity index is 1170. The summed E-state index contributed by atoms with van der Waals surface area (Å²) in [6.07, 6.45) is 6.34. The van der Waals surface area contributed by atoms with Gasteiger partial charge in [-0.05, 0) is 86.7 Å². The third-order valence-electron chi connectivity index (χ3n) is 6.70. The monoisotopic (exact) mass is 508 g/mol. The number of benzene rings is 3. The first-order valence-electron chi connectivity index (χ1n) is 11.9. The summed E-state index contributed by atoms with van der Waals surface area (Å²) in [6.45, 7) is 2.85. The summed E-state index contributed by atoms with van der Waals surface area (Å²) in [5.74, 6) is 0.228. The first kappa shape index (κ1) is 23.8. The molecule has 0 amide bonds. The number of rotatable bonds is 7. The number of hydrogen-bond acceptors (Lipinski definition) is 5. The van der Waals surface area contributed by atoms with Crippen molar-refractivity contribution in [2.45, 2.75) is 46.4 Å². The van der Waals surface area contributed by atoms with Crippen molar-refractivity contribution in [2.24, 2.45) is 0 Å². The Labute approximate surface area is 215 Å². The quantitative estimate of drug-likeness (QED) is 0.239. The van der Waals surface area contributed by atoms with E-state index in [-0.39, 0.29) is 11.8 Å². The highest BCUT2D eigenvalue weighted by molar-refractivity contribution is 8.00. The van der Waals surface area contributed by atoms with Crippen LogP contribution in [0.3, 0.4) is 0 Å². The molecule has 0 aliphatic carbocycles. The average molecular weight is 509 g/mol. The number of ketones is 1. The Balaban J connectivity index is 1.32. The molecular weight excluding hydrogens is 480 g/mol. The van der Waals surface area contributed by atoms with Crippen molar-refractivity contribution in [1.82, 2.24) is 4.90 Å². The summed E-state index contributed by atoms with van der Waals surface area (Å²) in [4.78, 5) is 22.1. The van der Waals surface area contributed by atoms with E-state index in [1.165, 1.54) is 26.1 Å². The molecule has 0 radical (unpaired) electrons. The van der Waals surface area contributed by atoms with E-state index in [1.807, 2.05) is 36.0 Å². The lowest BCUT2D eigenvalue weighted by molar-refractivity contribution is 0.0745. The molecule has 34 heavy (non-hydrogen) atoms. The highest BCUT2D eigenvalue weighted by Crippen LogP contribution is 2.48. The number of thioether (sulfide) groups is 1. The molecule has 1 fully saturated rings. The van der Waals surface area contributed by atoms with Gasteiger partial charge in [0.2, 0.25) is 0 Å². The fourth-order valence-electron chi connectivity index (χ4n) is 4.97. The summed E-state index contributed by atoms with van der Waals surface area (Å²) in [6, 6.07) is 22.8. The molecule has 2 aliphatic heterocycles. The Morgan fingerprint density at radius 1 is 1.00 bits per heavy atom. The number of para-hydroxylation sites is 1. The van der Waals surface area contributed by atoms with E-state index in [4.69, 9.17) is 11.6 Å². The van der Waals surface area contributed by atoms with Crippen LogP contribution in [0.5, 0.6) is 0 Å². The van der Waals surface area contributed by atoms with Gasteiger partial charge in [0.05, 0.1) is 17.4 Å². The number of fused-ring (bicyclic) bond motifs is 2. The molecule has 3 aromatic carbocycles. The van der Waals surface area contributed by atoms with Gasteiger partial charge < -0.3 is 4.90 Å². The van der Waals surface area contributed by atoms with Crippen LogP contribution in [0.15, 0.2) is 81.4 Å². The molecule has 1 saturated heterocycles. The maximum absolute atomic E-state index is 13.3. The summed E-state index contributed by atoms with van der Waals surface area (Å²) in [7, 11) is 0. The maximum atomic E-state index is 13.3. The zero-order valence-corrected chi connectivity index (χ0v) is 21.8. The molecule has 0 N–H and O–H groups in total. The number of piperidine rings is 1. The summed E-state index contributed by atoms with van der Waals surface area (Å²) in [5.41, 5.74) is 3.34. The molecule has 1 unspecified atom stereocenters. The second-order valence-corrected chi connectivity index (χ2v) is 11.2. The van der Waals surface area contributed by atoms with Gasteiger partial charge >= 0.3 is 0 Å². The SMILES string of the molecule is CSc1ccc2c(c1)N(CCCN1CCCCC1C(=O)c1ccc(Cl)cc1)c1ccccc1S2. The lowest BCUT2D eigenvalue weighted by atomic mass is 9.94. The number of carbonyl (C=O) groups is 1. The number of hydrogen-bond donors (Lipinski definition) is 0. The van der Waals surface area contributed by atoms with Crippen LogP contribution >= 0.6 is 35.1 Å². The van der Waals surface area contributed by atoms with Crippen LogP contribution in [0.25, 0.3) is 0 Å². The molecule has 0 bridgehead atoms. The van der Waals surface area contributed by atoms with Gasteiger partial charge in [-0.25, -0.2) is 0 Å². The molecule has 3 aromatic rings. The van der Waals surface area contributed by atoms with Crippen LogP contribution in [0.1, 0.15) is 36.0 Å². The van der Waals surface area contributed by atoms with Crippen LogP contribution in [-0.4, -0.2) is 42.6 Å². The predicted molar refractivity (Wildman–Crippen MR) is 145 cm³/mol. The van der Waals surface area contributed by atoms with Gasteiger partial charge in [-0.3, -0.25) is 9.69 Å². The fraction of sp³-hybridized carbons (Fsp3) is 0.321. The predicted octanol–water partition coefficient (Wildman–Crippen LogP) is 7.79. The van der Waals surface area contributed by atoms with Crippen LogP contribution in [-0.2, 0) is 0 Å². The van der Waals surface area contributed by atoms with Crippen LogP contribution < -0.4 is 4.90 Å². The van der Waals surface area contributed by atoms with Gasteiger partial charge in [0.25, 0.3) is 0 Å². The standard InChI is InChI=1S/C28H29ClN2OS2/c1-33-22-14-15-27-25(19-22)31(23-7-2-3-9-26(23)34-27)18-6-17-30-16-5-4-8-24(30)28(32)20-10-12-21(29)13-11-20/h2-3,7,9-15,19,24H,4-6,8,16-18H2,1H3. The first-order chi connectivity index (χ1) is 16.6. The van der Waals surface area contributed by atoms with Crippen molar-refractivity contribution in [3.63, 3.8) is 0 Å². The largest absolute Gasteiger partial charge is 0.340 e. The van der Waals surface area contributed by atoms with E-state index >= 15 is 0 Å². The minimum atomic E-state index is -0.0329. The second kappa shape index (κ2) is 10.8. The molecule has 2 aliphatic rings. The molecule has 3 nitrogen and oxygen atoms in total. The maximum Gasteiger partial charge on any atom is 0.179 e. The third kappa shape index (κ3) is 5.03. The Morgan fingerprint density at radius 2 is 1.79 bits per heavy atom. The average Bonchev–Trinajstić information content (AvgIpc) is 2.88. The molecule has 1 atom stereocenters. The van der Waals surface area contributed by atoms with E-state index in [1.54, 1.807) is 11.8 Å². The molecule has 6 heteroatoms. The number of Topliss-reactive ketones (excluding diaryl/α,β-unsaturated/α-hetero) is 1. The minimum absolute atomic E-state index is 0.0329. The van der Waals surface area contributed by atoms with E-state index in [9.17, 15) is 4.79 Å². The molecule has 0 spiro atoms. The second-order valence-electron chi connectivity index (χ2n) is 8.83. The Morgan fingerprint density at radius 3 is 2.62 bits per heavy atom. The summed E-state index contributed by atoms with van der Waals surface area (Å²) < 4.78 is 0. The lowest BCUT2D eigenvalue weighted by Crippen LogP contribution is -2.45. The number of nitrogens with zero attached hydrogens (tertiary/aromatic N) is 2. The van der Waals surface area contributed by atoms with E-state index in [0.717, 1.165) is 50.9 Å². The molecule has 0 saturated carbocycles. The van der Waals surface area contributed by atoms with Crippen molar-refractivity contribution in [2.75, 3.05) is 30.8 Å². The van der Waals surface area contributed by atoms with Crippen LogP contribution in [0.4, 0.5) is 11.4 Å². The van der Waals surface area contributed by atoms with E-state index < -0.39 is 0 Å². The van der Waals surface area contributed by atoms with Gasteiger partial charge in [-0.15, -0.1) is 11.8 Å². The van der Waals surface area contributed by atoms with Crippen molar-refractivity contribution >= 4 is 52.3 Å². The van der Waals surface area contributed by atoms with Crippen LogP contribution in [0.2, 0.25) is 5.02 Å². The minimum Gasteiger partial charge on any atom is -0.340 e. The van der Waals surface area contributed by atoms with Gasteiger partial charge in [0, 0.05) is 38.4 Å². The number of anilines is 2. The van der Waals surface area contributed by atoms with Crippen molar-refractivity contribution in [1.29, 1.82) is 0 Å². The smallest absolute Gasteiger partial charge is 0.179 e. The Hall–Kier alpha value is -1.92. The van der Waals surface area contributed by atoms with E-state index in [2.05, 4.69) is 58.5 Å². The number of likely N-dealkylation sites (tertiary alicyclic amines) is 1. The van der Waals surface area contributed by atoms with Crippen molar-refractivity contribution in [3.8, 4) is 0 Å². The van der Waals surface area contributed by atoms with Gasteiger partial charge in [0.15, 0.2) is 5.78 Å². The molecule has 2 heterocycles. The highest BCUT2D eigenvalue weighted by Gasteiger charge is 2.30. The molecular formula is C28H29ClN2OS2. The van der Waals surface area contributed by atoms with Gasteiger partial charge in [-0.1, -0.05) is 41.9 Å². The first-order valence-corrected chi connectivity index (χ1v) is 14.3. The zero-order chi connectivity index (χ0) is 23.5. The van der Waals surface area contributed by atoms with Gasteiger partial charge in [0.1, 0.15) is 0 Å². The fourth-order valence-corrected chi connectivity index (χ4v) is 6.61. The third-order valence-corrected chi connectivity index (χ3v) is 8.81. The zero-order valence-electron chi connectivity index (χ0n) is 19.4. The summed E-state index contributed by atoms with van der Waals surface area (Å²) >= 11 is 9.67. The molecule has 5 rings (SSSR count). The van der Waals surface area contributed by atoms with Crippen molar-refractivity contribution < 1.29 is 4.79 Å². The van der Waals surface area contributed by atoms with Crippen molar-refractivity contribution in [3.05, 3.63) is 77.3 Å². The topological polar surface area (TPSA) is 23.6 Å². The molecule has 0 aromatic heterocycles. The van der Waals surface area contributed by atoms with Gasteiger partial charge in [-0.2, -0.15) is 0 Å². The normalized spacial score (nSPS) is 17.8. The Kier molecular flexibility index (Phi) is 7.55. The highest BCUT2D eigenvalue weighted by atomic mass is 35.5. The summed E-state index contributed by atoms with van der Waals surface area (Å²) in [5, 5.41) is 0.668. The van der Waals surface area contributed by atoms with E-state index in [0.29, 0.717) is 5.02 Å². The molecule has 176 valence electrons. The number of carbonyl (C=O) groups excluding carboxylic acids is 1.